The molecule has 0 bridgehead atoms. The highest BCUT2D eigenvalue weighted by Gasteiger charge is 2.31. The van der Waals surface area contributed by atoms with Gasteiger partial charge in [-0.3, -0.25) is 24.0 Å². The molecule has 5 amide bonds. The van der Waals surface area contributed by atoms with Crippen LogP contribution in [0.4, 0.5) is 0 Å². The third kappa shape index (κ3) is 9.69. The number of nitrogens with two attached hydrogens (primary N) is 3. The molecule has 0 fully saturated rings. The summed E-state index contributed by atoms with van der Waals surface area (Å²) in [6, 6.07) is 3.03. The van der Waals surface area contributed by atoms with Crippen molar-refractivity contribution in [2.45, 2.75) is 49.9 Å². The molecule has 0 spiro atoms. The predicted octanol–water partition coefficient (Wildman–Crippen LogP) is -3.19. The van der Waals surface area contributed by atoms with Crippen LogP contribution >= 0.6 is 0 Å². The number of aliphatic carboxylic acids is 1. The zero-order valence-corrected chi connectivity index (χ0v) is 20.3. The van der Waals surface area contributed by atoms with E-state index in [0.29, 0.717) is 11.3 Å². The van der Waals surface area contributed by atoms with Crippen LogP contribution in [0.15, 0.2) is 42.9 Å². The molecule has 0 radical (unpaired) electrons. The summed E-state index contributed by atoms with van der Waals surface area (Å²) < 4.78 is 0. The van der Waals surface area contributed by atoms with Crippen LogP contribution in [0.25, 0.3) is 0 Å². The molecule has 4 atom stereocenters. The van der Waals surface area contributed by atoms with Gasteiger partial charge in [-0.15, -0.1) is 0 Å². The second-order valence-corrected chi connectivity index (χ2v) is 8.44. The van der Waals surface area contributed by atoms with Gasteiger partial charge in [0.15, 0.2) is 0 Å². The number of benzene rings is 1. The van der Waals surface area contributed by atoms with Crippen LogP contribution < -0.4 is 33.2 Å². The number of carboxylic acids is 1. The minimum absolute atomic E-state index is 0.0484. The second kappa shape index (κ2) is 14.1. The zero-order valence-electron chi connectivity index (χ0n) is 20.3. The monoisotopic (exact) mass is 530 g/mol. The van der Waals surface area contributed by atoms with Crippen molar-refractivity contribution < 1.29 is 33.9 Å². The Morgan fingerprint density at radius 2 is 1.37 bits per heavy atom. The molecule has 2 aromatic rings. The molecule has 0 aliphatic heterocycles. The molecule has 2 rings (SSSR count). The average Bonchev–Trinajstić information content (AvgIpc) is 3.35. The zero-order chi connectivity index (χ0) is 28.2. The number of carbonyl (C=O) groups excluding carboxylic acids is 5. The van der Waals surface area contributed by atoms with Crippen molar-refractivity contribution in [2.24, 2.45) is 17.2 Å². The molecule has 204 valence electrons. The summed E-state index contributed by atoms with van der Waals surface area (Å²) in [5.74, 6) is -5.79. The lowest BCUT2D eigenvalue weighted by atomic mass is 10.0. The lowest BCUT2D eigenvalue weighted by Crippen LogP contribution is -2.58. The number of hydrogen-bond donors (Lipinski definition) is 8. The summed E-state index contributed by atoms with van der Waals surface area (Å²) in [6.07, 6.45) is 1.53. The number of amides is 5. The van der Waals surface area contributed by atoms with E-state index in [4.69, 9.17) is 17.2 Å². The second-order valence-electron chi connectivity index (χ2n) is 8.44. The first-order valence-electron chi connectivity index (χ1n) is 11.4. The normalized spacial score (nSPS) is 13.8. The topological polar surface area (TPSA) is 265 Å². The number of nitrogens with one attached hydrogen (secondary N) is 4. The molecule has 15 heteroatoms. The minimum Gasteiger partial charge on any atom is -0.480 e. The molecule has 11 N–H and O–H groups in total. The van der Waals surface area contributed by atoms with Crippen molar-refractivity contribution in [3.63, 3.8) is 0 Å². The quantitative estimate of drug-likeness (QED) is 0.115. The highest BCUT2D eigenvalue weighted by Crippen LogP contribution is 2.07. The van der Waals surface area contributed by atoms with Gasteiger partial charge in [-0.1, -0.05) is 30.3 Å². The first-order chi connectivity index (χ1) is 18.0. The van der Waals surface area contributed by atoms with Crippen LogP contribution in [0.2, 0.25) is 0 Å². The number of nitrogens with zero attached hydrogens (tertiary/aromatic N) is 1. The van der Waals surface area contributed by atoms with Crippen molar-refractivity contribution in [3.05, 3.63) is 54.1 Å². The molecule has 38 heavy (non-hydrogen) atoms. The van der Waals surface area contributed by atoms with Gasteiger partial charge in [-0.05, 0) is 5.56 Å². The molecular weight excluding hydrogens is 500 g/mol. The number of imidazole rings is 1. The molecule has 0 aliphatic rings. The van der Waals surface area contributed by atoms with E-state index in [1.165, 1.54) is 12.5 Å². The van der Waals surface area contributed by atoms with E-state index < -0.39 is 72.5 Å². The predicted molar refractivity (Wildman–Crippen MR) is 131 cm³/mol. The highest BCUT2D eigenvalue weighted by atomic mass is 16.4. The Kier molecular flexibility index (Phi) is 10.9. The van der Waals surface area contributed by atoms with Crippen LogP contribution in [0.3, 0.4) is 0 Å². The summed E-state index contributed by atoms with van der Waals surface area (Å²) in [5, 5.41) is 16.5. The molecule has 0 saturated carbocycles. The minimum atomic E-state index is -1.62. The van der Waals surface area contributed by atoms with Gasteiger partial charge in [0, 0.05) is 24.7 Å². The standard InChI is InChI=1S/C23H30N8O7/c24-14(8-18(25)32)20(34)29-16(7-13-10-27-11-28-13)22(36)30-15(6-12-4-2-1-3-5-12)21(35)31-17(23(37)38)9-19(26)33/h1-5,10-11,14-17H,6-9,24H2,(H2,25,32)(H2,26,33)(H,27,28)(H,29,34)(H,30,36)(H,31,35)(H,37,38). The van der Waals surface area contributed by atoms with Crippen LogP contribution in [-0.4, -0.2) is 74.7 Å². The lowest BCUT2D eigenvalue weighted by molar-refractivity contribution is -0.143. The Labute approximate surface area is 216 Å². The Balaban J connectivity index is 2.28. The number of carboxylic acid groups (broad SMARTS) is 1. The van der Waals surface area contributed by atoms with Crippen molar-refractivity contribution >= 4 is 35.5 Å². The van der Waals surface area contributed by atoms with Gasteiger partial charge in [0.2, 0.25) is 29.5 Å². The van der Waals surface area contributed by atoms with Crippen molar-refractivity contribution in [1.29, 1.82) is 0 Å². The van der Waals surface area contributed by atoms with Crippen molar-refractivity contribution in [3.8, 4) is 0 Å². The molecule has 15 nitrogen and oxygen atoms in total. The van der Waals surface area contributed by atoms with Gasteiger partial charge in [0.1, 0.15) is 18.1 Å². The highest BCUT2D eigenvalue weighted by molar-refractivity contribution is 5.95. The van der Waals surface area contributed by atoms with E-state index in [2.05, 4.69) is 25.9 Å². The summed E-state index contributed by atoms with van der Waals surface area (Å²) in [4.78, 5) is 79.4. The molecule has 1 heterocycles. The Hall–Kier alpha value is -4.79. The van der Waals surface area contributed by atoms with Crippen LogP contribution in [0.1, 0.15) is 24.1 Å². The van der Waals surface area contributed by atoms with Gasteiger partial charge in [0.05, 0.1) is 25.2 Å². The van der Waals surface area contributed by atoms with Crippen LogP contribution in [-0.2, 0) is 41.6 Å². The van der Waals surface area contributed by atoms with E-state index in [-0.39, 0.29) is 12.8 Å². The fourth-order valence-corrected chi connectivity index (χ4v) is 3.42. The summed E-state index contributed by atoms with van der Waals surface area (Å²) in [6.45, 7) is 0. The van der Waals surface area contributed by atoms with Crippen LogP contribution in [0, 0.1) is 0 Å². The van der Waals surface area contributed by atoms with E-state index in [9.17, 15) is 33.9 Å². The molecule has 4 unspecified atom stereocenters. The Morgan fingerprint density at radius 3 is 1.89 bits per heavy atom. The largest absolute Gasteiger partial charge is 0.480 e. The Morgan fingerprint density at radius 1 is 0.816 bits per heavy atom. The van der Waals surface area contributed by atoms with E-state index in [0.717, 1.165) is 0 Å². The number of primary amides is 2. The maximum absolute atomic E-state index is 13.3. The molecule has 1 aromatic carbocycles. The maximum Gasteiger partial charge on any atom is 0.326 e. The molecule has 0 aliphatic carbocycles. The van der Waals surface area contributed by atoms with E-state index in [1.807, 2.05) is 0 Å². The number of H-pyrrole nitrogens is 1. The third-order valence-electron chi connectivity index (χ3n) is 5.31. The van der Waals surface area contributed by atoms with Crippen molar-refractivity contribution in [2.75, 3.05) is 0 Å². The number of hydrogen-bond acceptors (Lipinski definition) is 8. The third-order valence-corrected chi connectivity index (χ3v) is 5.31. The number of rotatable bonds is 15. The lowest BCUT2D eigenvalue weighted by Gasteiger charge is -2.25. The average molecular weight is 531 g/mol. The summed E-state index contributed by atoms with van der Waals surface area (Å²) in [7, 11) is 0. The molecule has 1 aromatic heterocycles. The fourth-order valence-electron chi connectivity index (χ4n) is 3.42. The van der Waals surface area contributed by atoms with Gasteiger partial charge >= 0.3 is 5.97 Å². The van der Waals surface area contributed by atoms with Crippen LogP contribution in [0.5, 0.6) is 0 Å². The summed E-state index contributed by atoms with van der Waals surface area (Å²) >= 11 is 0. The van der Waals surface area contributed by atoms with E-state index >= 15 is 0 Å². The van der Waals surface area contributed by atoms with Gasteiger partial charge in [0.25, 0.3) is 0 Å². The Bertz CT molecular complexity index is 1140. The number of aromatic amines is 1. The summed E-state index contributed by atoms with van der Waals surface area (Å²) in [5.41, 5.74) is 17.0. The number of carbonyl (C=O) groups is 6. The van der Waals surface area contributed by atoms with Gasteiger partial charge in [-0.25, -0.2) is 9.78 Å². The smallest absolute Gasteiger partial charge is 0.326 e. The molecular formula is C23H30N8O7. The maximum atomic E-state index is 13.3. The first kappa shape index (κ1) is 29.4. The van der Waals surface area contributed by atoms with Crippen molar-refractivity contribution in [1.82, 2.24) is 25.9 Å². The van der Waals surface area contributed by atoms with E-state index in [1.54, 1.807) is 30.3 Å². The SMILES string of the molecule is NC(=O)CC(N)C(=O)NC(Cc1cnc[nH]1)C(=O)NC(Cc1ccccc1)C(=O)NC(CC(N)=O)C(=O)O. The van der Waals surface area contributed by atoms with Gasteiger partial charge < -0.3 is 43.2 Å². The fraction of sp³-hybridized carbons (Fsp3) is 0.348. The number of aromatic nitrogens is 2. The molecule has 0 saturated heterocycles. The first-order valence-corrected chi connectivity index (χ1v) is 11.4. The van der Waals surface area contributed by atoms with Gasteiger partial charge in [-0.2, -0.15) is 0 Å².